The number of hydrogen-bond acceptors (Lipinski definition) is 4. The SMILES string of the molecule is CC(O)CN(CCNC1CCCCC1C(C)(C)C)C(=O)OC(C)(C)C. The van der Waals surface area contributed by atoms with Gasteiger partial charge in [-0.2, -0.15) is 0 Å². The summed E-state index contributed by atoms with van der Waals surface area (Å²) in [5, 5.41) is 13.4. The minimum Gasteiger partial charge on any atom is -0.444 e. The fraction of sp³-hybridized carbons (Fsp3) is 0.950. The zero-order valence-corrected chi connectivity index (χ0v) is 17.4. The second-order valence-electron chi connectivity index (χ2n) is 9.59. The van der Waals surface area contributed by atoms with Gasteiger partial charge in [-0.25, -0.2) is 4.79 Å². The minimum atomic E-state index is -0.565. The van der Waals surface area contributed by atoms with E-state index in [2.05, 4.69) is 26.1 Å². The molecule has 0 heterocycles. The number of aliphatic hydroxyl groups is 1. The van der Waals surface area contributed by atoms with Gasteiger partial charge in [0.05, 0.1) is 6.10 Å². The predicted molar refractivity (Wildman–Crippen MR) is 103 cm³/mol. The maximum atomic E-state index is 12.4. The molecule has 1 rings (SSSR count). The molecule has 0 aromatic rings. The van der Waals surface area contributed by atoms with E-state index in [9.17, 15) is 9.90 Å². The Labute approximate surface area is 154 Å². The van der Waals surface area contributed by atoms with E-state index in [-0.39, 0.29) is 6.09 Å². The molecule has 0 bridgehead atoms. The summed E-state index contributed by atoms with van der Waals surface area (Å²) >= 11 is 0. The molecule has 5 heteroatoms. The van der Waals surface area contributed by atoms with Gasteiger partial charge in [0.1, 0.15) is 5.60 Å². The Morgan fingerprint density at radius 2 is 1.80 bits per heavy atom. The number of hydrogen-bond donors (Lipinski definition) is 2. The molecular weight excluding hydrogens is 316 g/mol. The molecule has 25 heavy (non-hydrogen) atoms. The topological polar surface area (TPSA) is 61.8 Å². The summed E-state index contributed by atoms with van der Waals surface area (Å²) in [6.07, 6.45) is 4.13. The van der Waals surface area contributed by atoms with Crippen molar-refractivity contribution >= 4 is 6.09 Å². The van der Waals surface area contributed by atoms with E-state index >= 15 is 0 Å². The maximum Gasteiger partial charge on any atom is 0.410 e. The fourth-order valence-electron chi connectivity index (χ4n) is 3.70. The van der Waals surface area contributed by atoms with Crippen LogP contribution in [-0.2, 0) is 4.74 Å². The van der Waals surface area contributed by atoms with Crippen molar-refractivity contribution < 1.29 is 14.6 Å². The van der Waals surface area contributed by atoms with Crippen LogP contribution in [0.25, 0.3) is 0 Å². The normalized spacial score (nSPS) is 23.2. The van der Waals surface area contributed by atoms with Crippen molar-refractivity contribution in [1.29, 1.82) is 0 Å². The largest absolute Gasteiger partial charge is 0.444 e. The number of aliphatic hydroxyl groups excluding tert-OH is 1. The summed E-state index contributed by atoms with van der Waals surface area (Å²) in [6.45, 7) is 15.8. The van der Waals surface area contributed by atoms with E-state index < -0.39 is 11.7 Å². The lowest BCUT2D eigenvalue weighted by atomic mass is 9.69. The van der Waals surface area contributed by atoms with Gasteiger partial charge in [0.2, 0.25) is 0 Å². The van der Waals surface area contributed by atoms with Crippen LogP contribution < -0.4 is 5.32 Å². The van der Waals surface area contributed by atoms with E-state index in [0.717, 1.165) is 6.54 Å². The van der Waals surface area contributed by atoms with E-state index in [0.29, 0.717) is 30.5 Å². The van der Waals surface area contributed by atoms with Gasteiger partial charge in [-0.05, 0) is 51.9 Å². The van der Waals surface area contributed by atoms with Crippen molar-refractivity contribution in [2.24, 2.45) is 11.3 Å². The Kier molecular flexibility index (Phi) is 8.20. The summed E-state index contributed by atoms with van der Waals surface area (Å²) in [4.78, 5) is 14.0. The lowest BCUT2D eigenvalue weighted by molar-refractivity contribution is 0.0158. The molecule has 1 fully saturated rings. The van der Waals surface area contributed by atoms with Crippen LogP contribution in [0.3, 0.4) is 0 Å². The molecule has 5 nitrogen and oxygen atoms in total. The summed E-state index contributed by atoms with van der Waals surface area (Å²) in [6, 6.07) is 0.501. The van der Waals surface area contributed by atoms with Gasteiger partial charge in [0, 0.05) is 25.7 Å². The summed E-state index contributed by atoms with van der Waals surface area (Å²) in [7, 11) is 0. The first-order valence-corrected chi connectivity index (χ1v) is 9.79. The van der Waals surface area contributed by atoms with Gasteiger partial charge in [0.15, 0.2) is 0 Å². The minimum absolute atomic E-state index is 0.294. The Morgan fingerprint density at radius 1 is 1.20 bits per heavy atom. The Balaban J connectivity index is 2.59. The molecule has 1 aliphatic rings. The molecule has 0 aliphatic heterocycles. The molecule has 0 spiro atoms. The number of nitrogens with zero attached hydrogens (tertiary/aromatic N) is 1. The molecule has 0 aromatic heterocycles. The van der Waals surface area contributed by atoms with Crippen LogP contribution in [-0.4, -0.2) is 53.5 Å². The highest BCUT2D eigenvalue weighted by atomic mass is 16.6. The molecule has 0 aromatic carbocycles. The van der Waals surface area contributed by atoms with Crippen molar-refractivity contribution in [3.05, 3.63) is 0 Å². The number of amides is 1. The number of nitrogens with one attached hydrogen (secondary N) is 1. The van der Waals surface area contributed by atoms with Crippen LogP contribution in [0.4, 0.5) is 4.79 Å². The van der Waals surface area contributed by atoms with Crippen molar-refractivity contribution in [3.63, 3.8) is 0 Å². The molecule has 1 aliphatic carbocycles. The first-order chi connectivity index (χ1) is 11.4. The van der Waals surface area contributed by atoms with Crippen LogP contribution in [0, 0.1) is 11.3 Å². The third kappa shape index (κ3) is 8.41. The zero-order chi connectivity index (χ0) is 19.3. The number of rotatable bonds is 6. The average molecular weight is 357 g/mol. The molecule has 2 N–H and O–H groups in total. The Bertz CT molecular complexity index is 410. The van der Waals surface area contributed by atoms with Gasteiger partial charge in [0.25, 0.3) is 0 Å². The zero-order valence-electron chi connectivity index (χ0n) is 17.4. The van der Waals surface area contributed by atoms with Gasteiger partial charge < -0.3 is 20.1 Å². The van der Waals surface area contributed by atoms with Crippen LogP contribution in [0.1, 0.15) is 74.1 Å². The molecule has 0 saturated heterocycles. The van der Waals surface area contributed by atoms with Crippen LogP contribution in [0.2, 0.25) is 0 Å². The Morgan fingerprint density at radius 3 is 2.32 bits per heavy atom. The van der Waals surface area contributed by atoms with E-state index in [4.69, 9.17) is 4.74 Å². The highest BCUT2D eigenvalue weighted by Gasteiger charge is 2.34. The monoisotopic (exact) mass is 356 g/mol. The first kappa shape index (κ1) is 22.2. The highest BCUT2D eigenvalue weighted by molar-refractivity contribution is 5.68. The Hall–Kier alpha value is -0.810. The fourth-order valence-corrected chi connectivity index (χ4v) is 3.70. The second-order valence-corrected chi connectivity index (χ2v) is 9.59. The average Bonchev–Trinajstić information content (AvgIpc) is 2.43. The molecule has 3 atom stereocenters. The number of ether oxygens (including phenoxy) is 1. The van der Waals surface area contributed by atoms with Crippen LogP contribution >= 0.6 is 0 Å². The lowest BCUT2D eigenvalue weighted by Gasteiger charge is -2.41. The van der Waals surface area contributed by atoms with Crippen molar-refractivity contribution in [2.45, 2.75) is 91.9 Å². The third-order valence-corrected chi connectivity index (χ3v) is 4.80. The molecule has 0 radical (unpaired) electrons. The van der Waals surface area contributed by atoms with E-state index in [1.54, 1.807) is 11.8 Å². The predicted octanol–water partition coefficient (Wildman–Crippen LogP) is 3.80. The van der Waals surface area contributed by atoms with Gasteiger partial charge in [-0.15, -0.1) is 0 Å². The van der Waals surface area contributed by atoms with E-state index in [1.807, 2.05) is 20.8 Å². The van der Waals surface area contributed by atoms with Crippen LogP contribution in [0.5, 0.6) is 0 Å². The van der Waals surface area contributed by atoms with Gasteiger partial charge in [-0.3, -0.25) is 0 Å². The van der Waals surface area contributed by atoms with Crippen LogP contribution in [0.15, 0.2) is 0 Å². The van der Waals surface area contributed by atoms with Gasteiger partial charge >= 0.3 is 6.09 Å². The number of carbonyl (C=O) groups excluding carboxylic acids is 1. The quantitative estimate of drug-likeness (QED) is 0.760. The summed E-state index contributed by atoms with van der Waals surface area (Å²) in [5.41, 5.74) is -0.231. The molecular formula is C20H40N2O3. The standard InChI is InChI=1S/C20H40N2O3/c1-15(23)14-22(18(24)25-20(5,6)7)13-12-21-17-11-9-8-10-16(17)19(2,3)4/h15-17,21,23H,8-14H2,1-7H3. The molecule has 148 valence electrons. The maximum absolute atomic E-state index is 12.4. The third-order valence-electron chi connectivity index (χ3n) is 4.80. The molecule has 1 amide bonds. The van der Waals surface area contributed by atoms with Crippen molar-refractivity contribution in [3.8, 4) is 0 Å². The first-order valence-electron chi connectivity index (χ1n) is 9.79. The number of carbonyl (C=O) groups is 1. The second kappa shape index (κ2) is 9.22. The van der Waals surface area contributed by atoms with Gasteiger partial charge in [-0.1, -0.05) is 33.6 Å². The highest BCUT2D eigenvalue weighted by Crippen LogP contribution is 2.37. The lowest BCUT2D eigenvalue weighted by Crippen LogP contribution is -2.48. The van der Waals surface area contributed by atoms with E-state index in [1.165, 1.54) is 25.7 Å². The van der Waals surface area contributed by atoms with Crippen molar-refractivity contribution in [1.82, 2.24) is 10.2 Å². The smallest absolute Gasteiger partial charge is 0.410 e. The summed E-state index contributed by atoms with van der Waals surface area (Å²) < 4.78 is 5.47. The van der Waals surface area contributed by atoms with Crippen molar-refractivity contribution in [2.75, 3.05) is 19.6 Å². The molecule has 3 unspecified atom stereocenters. The summed E-state index contributed by atoms with van der Waals surface area (Å²) in [5.74, 6) is 0.660. The molecule has 1 saturated carbocycles.